The van der Waals surface area contributed by atoms with Gasteiger partial charge in [0.2, 0.25) is 5.91 Å². The summed E-state index contributed by atoms with van der Waals surface area (Å²) in [6, 6.07) is 13.4. The molecule has 1 aliphatic rings. The molecule has 0 fully saturated rings. The Morgan fingerprint density at radius 2 is 1.75 bits per heavy atom. The van der Waals surface area contributed by atoms with Gasteiger partial charge in [0.1, 0.15) is 6.04 Å². The number of fused-ring (bicyclic) bond motifs is 3. The Balaban J connectivity index is 1.94. The van der Waals surface area contributed by atoms with Gasteiger partial charge in [0.25, 0.3) is 0 Å². The van der Waals surface area contributed by atoms with Crippen LogP contribution in [-0.4, -0.2) is 52.8 Å². The fraction of sp³-hybridized carbons (Fsp3) is 0.292. The summed E-state index contributed by atoms with van der Waals surface area (Å²) in [5.41, 5.74) is 3.92. The summed E-state index contributed by atoms with van der Waals surface area (Å²) in [6.45, 7) is 1.73. The summed E-state index contributed by atoms with van der Waals surface area (Å²) in [5.74, 6) is -1.15. The van der Waals surface area contributed by atoms with Gasteiger partial charge in [-0.05, 0) is 36.2 Å². The average Bonchev–Trinajstić information content (AvgIpc) is 3.19. The maximum atomic E-state index is 13.3. The minimum absolute atomic E-state index is 0.230. The number of H-pyrrole nitrogens is 1. The van der Waals surface area contributed by atoms with Crippen LogP contribution in [-0.2, 0) is 25.5 Å². The Bertz CT molecular complexity index is 1180. The number of hydrogen-bond acceptors (Lipinski definition) is 5. The topological polar surface area (TPSA) is 88.7 Å². The number of esters is 2. The van der Waals surface area contributed by atoms with Crippen molar-refractivity contribution >= 4 is 44.7 Å². The second-order valence-electron chi connectivity index (χ2n) is 7.68. The van der Waals surface area contributed by atoms with E-state index in [1.807, 2.05) is 24.3 Å². The monoisotopic (exact) mass is 498 g/mol. The van der Waals surface area contributed by atoms with Crippen molar-refractivity contribution in [3.63, 3.8) is 0 Å². The third-order valence-electron chi connectivity index (χ3n) is 5.85. The van der Waals surface area contributed by atoms with E-state index >= 15 is 0 Å². The van der Waals surface area contributed by atoms with Crippen LogP contribution < -0.4 is 0 Å². The zero-order valence-electron chi connectivity index (χ0n) is 17.9. The fourth-order valence-electron chi connectivity index (χ4n) is 4.35. The lowest BCUT2D eigenvalue weighted by atomic mass is 9.87. The summed E-state index contributed by atoms with van der Waals surface area (Å²) in [6.07, 6.45) is 0.341. The van der Waals surface area contributed by atoms with E-state index in [2.05, 4.69) is 20.9 Å². The van der Waals surface area contributed by atoms with Crippen LogP contribution in [0.1, 0.15) is 40.1 Å². The van der Waals surface area contributed by atoms with Crippen LogP contribution in [0.15, 0.2) is 48.5 Å². The highest BCUT2D eigenvalue weighted by Crippen LogP contribution is 2.41. The molecule has 0 radical (unpaired) electrons. The maximum Gasteiger partial charge on any atom is 0.337 e. The van der Waals surface area contributed by atoms with Crippen LogP contribution in [0.5, 0.6) is 0 Å². The molecule has 2 aromatic carbocycles. The van der Waals surface area contributed by atoms with Crippen molar-refractivity contribution < 1.29 is 23.9 Å². The first-order valence-electron chi connectivity index (χ1n) is 10.2. The smallest absolute Gasteiger partial charge is 0.337 e. The quantitative estimate of drug-likeness (QED) is 0.437. The molecule has 4 rings (SSSR count). The number of rotatable bonds is 4. The van der Waals surface area contributed by atoms with Crippen molar-refractivity contribution in [3.8, 4) is 0 Å². The van der Waals surface area contributed by atoms with Gasteiger partial charge in [0.15, 0.2) is 0 Å². The molecule has 8 heteroatoms. The molecular weight excluding hydrogens is 476 g/mol. The van der Waals surface area contributed by atoms with Gasteiger partial charge in [0, 0.05) is 23.0 Å². The molecule has 1 aliphatic heterocycles. The largest absolute Gasteiger partial charge is 0.467 e. The van der Waals surface area contributed by atoms with E-state index in [4.69, 9.17) is 9.47 Å². The van der Waals surface area contributed by atoms with Gasteiger partial charge < -0.3 is 19.4 Å². The first kappa shape index (κ1) is 22.1. The highest BCUT2D eigenvalue weighted by atomic mass is 79.9. The number of carbonyl (C=O) groups is 3. The van der Waals surface area contributed by atoms with Crippen LogP contribution in [0.4, 0.5) is 0 Å². The Kier molecular flexibility index (Phi) is 6.06. The molecule has 0 bridgehead atoms. The van der Waals surface area contributed by atoms with Gasteiger partial charge >= 0.3 is 11.9 Å². The lowest BCUT2D eigenvalue weighted by molar-refractivity contribution is -0.154. The SMILES string of the molecule is COC(=O)c1ccc([C@H]2c3[nH]c4ccccc4c3C[C@H](C(=O)OC)N2C(=O)C(C)Br)cc1. The van der Waals surface area contributed by atoms with Gasteiger partial charge in [-0.25, -0.2) is 9.59 Å². The number of amides is 1. The first-order chi connectivity index (χ1) is 15.4. The molecule has 1 aromatic heterocycles. The number of carbonyl (C=O) groups excluding carboxylic acids is 3. The summed E-state index contributed by atoms with van der Waals surface area (Å²) in [7, 11) is 2.65. The number of nitrogens with one attached hydrogen (secondary N) is 1. The number of nitrogens with zero attached hydrogens (tertiary/aromatic N) is 1. The predicted molar refractivity (Wildman–Crippen MR) is 123 cm³/mol. The molecular formula is C24H23BrN2O5. The zero-order chi connectivity index (χ0) is 23.0. The van der Waals surface area contributed by atoms with Crippen LogP contribution >= 0.6 is 15.9 Å². The van der Waals surface area contributed by atoms with Gasteiger partial charge in [-0.15, -0.1) is 0 Å². The molecule has 32 heavy (non-hydrogen) atoms. The van der Waals surface area contributed by atoms with Crippen LogP contribution in [0.3, 0.4) is 0 Å². The number of halogens is 1. The van der Waals surface area contributed by atoms with Crippen LogP contribution in [0.2, 0.25) is 0 Å². The second-order valence-corrected chi connectivity index (χ2v) is 9.06. The Labute approximate surface area is 193 Å². The molecule has 3 aromatic rings. The van der Waals surface area contributed by atoms with Gasteiger partial charge in [-0.2, -0.15) is 0 Å². The number of alkyl halides is 1. The number of aromatic amines is 1. The van der Waals surface area contributed by atoms with Crippen LogP contribution in [0, 0.1) is 0 Å². The average molecular weight is 499 g/mol. The molecule has 166 valence electrons. The minimum Gasteiger partial charge on any atom is -0.467 e. The second kappa shape index (κ2) is 8.78. The third kappa shape index (κ3) is 3.68. The number of hydrogen-bond donors (Lipinski definition) is 1. The Hall–Kier alpha value is -3.13. The van der Waals surface area contributed by atoms with E-state index in [-0.39, 0.29) is 5.91 Å². The van der Waals surface area contributed by atoms with Gasteiger partial charge in [0.05, 0.1) is 30.7 Å². The van der Waals surface area contributed by atoms with E-state index in [1.54, 1.807) is 36.1 Å². The summed E-state index contributed by atoms with van der Waals surface area (Å²) in [5, 5.41) is 1.01. The van der Waals surface area contributed by atoms with Crippen molar-refractivity contribution in [2.45, 2.75) is 30.3 Å². The molecule has 7 nitrogen and oxygen atoms in total. The number of para-hydroxylation sites is 1. The van der Waals surface area contributed by atoms with Crippen molar-refractivity contribution in [1.29, 1.82) is 0 Å². The van der Waals surface area contributed by atoms with Crippen molar-refractivity contribution in [2.24, 2.45) is 0 Å². The molecule has 1 N–H and O–H groups in total. The fourth-order valence-corrected chi connectivity index (χ4v) is 4.59. The maximum absolute atomic E-state index is 13.3. The van der Waals surface area contributed by atoms with Crippen molar-refractivity contribution in [1.82, 2.24) is 9.88 Å². The molecule has 1 unspecified atom stereocenters. The summed E-state index contributed by atoms with van der Waals surface area (Å²) >= 11 is 3.37. The highest BCUT2D eigenvalue weighted by Gasteiger charge is 2.44. The lowest BCUT2D eigenvalue weighted by Crippen LogP contribution is -2.53. The standard InChI is InChI=1S/C24H23BrN2O5/c1-13(25)22(28)27-19(24(30)32-3)12-17-16-6-4-5-7-18(16)26-20(17)21(27)14-8-10-15(11-9-14)23(29)31-2/h4-11,13,19,21,26H,12H2,1-3H3/t13?,19-,21+/m1/s1. The van der Waals surface area contributed by atoms with E-state index in [1.165, 1.54) is 14.2 Å². The van der Waals surface area contributed by atoms with E-state index in [0.717, 1.165) is 27.7 Å². The predicted octanol–water partition coefficient (Wildman–Crippen LogP) is 3.75. The Morgan fingerprint density at radius 3 is 2.38 bits per heavy atom. The summed E-state index contributed by atoms with van der Waals surface area (Å²) < 4.78 is 9.88. The molecule has 0 spiro atoms. The third-order valence-corrected chi connectivity index (χ3v) is 6.24. The van der Waals surface area contributed by atoms with Crippen molar-refractivity contribution in [2.75, 3.05) is 14.2 Å². The zero-order valence-corrected chi connectivity index (χ0v) is 19.5. The number of ether oxygens (including phenoxy) is 2. The number of benzene rings is 2. The van der Waals surface area contributed by atoms with Gasteiger partial charge in [-0.3, -0.25) is 4.79 Å². The molecule has 2 heterocycles. The molecule has 1 amide bonds. The minimum atomic E-state index is -0.788. The first-order valence-corrected chi connectivity index (χ1v) is 11.1. The van der Waals surface area contributed by atoms with E-state index in [0.29, 0.717) is 12.0 Å². The molecule has 3 atom stereocenters. The number of methoxy groups -OCH3 is 2. The van der Waals surface area contributed by atoms with E-state index in [9.17, 15) is 14.4 Å². The highest BCUT2D eigenvalue weighted by molar-refractivity contribution is 9.10. The Morgan fingerprint density at radius 1 is 1.06 bits per heavy atom. The normalized spacial score (nSPS) is 18.7. The van der Waals surface area contributed by atoms with E-state index < -0.39 is 28.8 Å². The van der Waals surface area contributed by atoms with Crippen LogP contribution in [0.25, 0.3) is 10.9 Å². The molecule has 0 saturated heterocycles. The van der Waals surface area contributed by atoms with Gasteiger partial charge in [-0.1, -0.05) is 46.3 Å². The lowest BCUT2D eigenvalue weighted by Gasteiger charge is -2.41. The number of aromatic nitrogens is 1. The molecule has 0 saturated carbocycles. The van der Waals surface area contributed by atoms with Crippen molar-refractivity contribution in [3.05, 3.63) is 70.9 Å². The summed E-state index contributed by atoms with van der Waals surface area (Å²) in [4.78, 5) is 42.6. The molecule has 0 aliphatic carbocycles.